The van der Waals surface area contributed by atoms with E-state index in [4.69, 9.17) is 9.72 Å². The van der Waals surface area contributed by atoms with E-state index in [0.717, 1.165) is 58.3 Å². The second kappa shape index (κ2) is 9.57. The molecule has 2 aromatic carbocycles. The second-order valence-electron chi connectivity index (χ2n) is 12.4. The van der Waals surface area contributed by atoms with Gasteiger partial charge in [0.25, 0.3) is 0 Å². The Kier molecular flexibility index (Phi) is 5.88. The Morgan fingerprint density at radius 2 is 1.98 bits per heavy atom. The first-order chi connectivity index (χ1) is 20.4. The average molecular weight is 571 g/mol. The van der Waals surface area contributed by atoms with Gasteiger partial charge in [-0.1, -0.05) is 24.3 Å². The van der Waals surface area contributed by atoms with Crippen LogP contribution in [-0.4, -0.2) is 75.4 Å². The number of fused-ring (bicyclic) bond motifs is 5. The van der Waals surface area contributed by atoms with Crippen molar-refractivity contribution >= 4 is 27.5 Å². The number of aromatic nitrogens is 3. The third-order valence-corrected chi connectivity index (χ3v) is 9.53. The number of hydrogen-bond donors (Lipinski definition) is 2. The molecule has 4 aliphatic rings. The van der Waals surface area contributed by atoms with Crippen molar-refractivity contribution in [3.8, 4) is 23.0 Å². The van der Waals surface area contributed by atoms with Gasteiger partial charge in [-0.2, -0.15) is 9.97 Å². The van der Waals surface area contributed by atoms with Crippen LogP contribution >= 0.6 is 0 Å². The SMILES string of the molecule is C=C1CN2CCCC2(COc2nc(N3CC4CCC(C3)N4)c3cnc(-c4cc(O)cc5cccc(F)c45)c(F)c3n2)C1. The summed E-state index contributed by atoms with van der Waals surface area (Å²) in [6.45, 7) is 7.97. The molecule has 0 amide bonds. The van der Waals surface area contributed by atoms with Gasteiger partial charge in [0.15, 0.2) is 5.82 Å². The zero-order chi connectivity index (χ0) is 28.6. The summed E-state index contributed by atoms with van der Waals surface area (Å²) in [5, 5.41) is 15.2. The molecule has 4 fully saturated rings. The number of ether oxygens (including phenoxy) is 1. The molecule has 42 heavy (non-hydrogen) atoms. The molecular formula is C32H32F2N6O2. The van der Waals surface area contributed by atoms with E-state index in [2.05, 4.69) is 31.7 Å². The predicted molar refractivity (Wildman–Crippen MR) is 157 cm³/mol. The van der Waals surface area contributed by atoms with Crippen LogP contribution in [0.4, 0.5) is 14.6 Å². The first-order valence-corrected chi connectivity index (χ1v) is 14.7. The number of nitrogens with zero attached hydrogens (tertiary/aromatic N) is 5. The molecule has 8 rings (SSSR count). The predicted octanol–water partition coefficient (Wildman–Crippen LogP) is 4.94. The summed E-state index contributed by atoms with van der Waals surface area (Å²) in [5.41, 5.74) is 1.20. The molecule has 4 aliphatic heterocycles. The summed E-state index contributed by atoms with van der Waals surface area (Å²) in [7, 11) is 0. The van der Waals surface area contributed by atoms with Crippen LogP contribution in [0.25, 0.3) is 32.9 Å². The van der Waals surface area contributed by atoms with E-state index < -0.39 is 11.6 Å². The molecule has 216 valence electrons. The number of aromatic hydroxyl groups is 1. The number of nitrogens with one attached hydrogen (secondary N) is 1. The monoisotopic (exact) mass is 570 g/mol. The van der Waals surface area contributed by atoms with Crippen molar-refractivity contribution in [2.24, 2.45) is 0 Å². The van der Waals surface area contributed by atoms with E-state index in [1.165, 1.54) is 23.8 Å². The highest BCUT2D eigenvalue weighted by molar-refractivity contribution is 6.00. The number of benzene rings is 2. The normalized spacial score (nSPS) is 25.6. The minimum atomic E-state index is -0.704. The van der Waals surface area contributed by atoms with Crippen LogP contribution in [0.1, 0.15) is 32.1 Å². The standard InChI is InChI=1S/C32H32F2N6O2/c1-18-12-32(8-3-9-40(32)14-18)17-42-31-37-29-24(30(38-31)39-15-20-6-7-21(16-39)36-20)13-35-28(27(29)34)23-11-22(41)10-19-4-2-5-25(33)26(19)23/h2,4-5,10-11,13,20-21,36,41H,1,3,6-9,12,14-17H2. The third kappa shape index (κ3) is 4.11. The molecule has 4 saturated heterocycles. The maximum absolute atomic E-state index is 16.6. The van der Waals surface area contributed by atoms with Crippen molar-refractivity contribution in [2.45, 2.75) is 49.7 Å². The molecule has 8 nitrogen and oxygen atoms in total. The maximum Gasteiger partial charge on any atom is 0.319 e. The number of pyridine rings is 1. The molecule has 6 heterocycles. The summed E-state index contributed by atoms with van der Waals surface area (Å²) in [5.74, 6) is -0.739. The number of rotatable bonds is 5. The van der Waals surface area contributed by atoms with Crippen molar-refractivity contribution in [3.63, 3.8) is 0 Å². The van der Waals surface area contributed by atoms with Crippen LogP contribution in [0, 0.1) is 11.6 Å². The Morgan fingerprint density at radius 3 is 2.81 bits per heavy atom. The van der Waals surface area contributed by atoms with Gasteiger partial charge in [-0.3, -0.25) is 9.88 Å². The lowest BCUT2D eigenvalue weighted by Gasteiger charge is -2.34. The van der Waals surface area contributed by atoms with Gasteiger partial charge in [0.1, 0.15) is 35.2 Å². The van der Waals surface area contributed by atoms with Crippen LogP contribution in [0.15, 0.2) is 48.7 Å². The molecule has 3 unspecified atom stereocenters. The largest absolute Gasteiger partial charge is 0.508 e. The zero-order valence-electron chi connectivity index (χ0n) is 23.2. The number of piperazine rings is 1. The molecule has 0 aliphatic carbocycles. The van der Waals surface area contributed by atoms with Crippen LogP contribution in [0.5, 0.6) is 11.8 Å². The summed E-state index contributed by atoms with van der Waals surface area (Å²) in [6, 6.07) is 8.14. The summed E-state index contributed by atoms with van der Waals surface area (Å²) >= 11 is 0. The van der Waals surface area contributed by atoms with Crippen molar-refractivity contribution in [2.75, 3.05) is 37.7 Å². The number of hydrogen-bond acceptors (Lipinski definition) is 8. The first kappa shape index (κ1) is 25.8. The van der Waals surface area contributed by atoms with Gasteiger partial charge in [-0.25, -0.2) is 8.78 Å². The fourth-order valence-electron chi connectivity index (χ4n) is 7.68. The van der Waals surface area contributed by atoms with E-state index >= 15 is 8.78 Å². The number of halogens is 2. The van der Waals surface area contributed by atoms with E-state index in [-0.39, 0.29) is 39.5 Å². The molecule has 2 bridgehead atoms. The van der Waals surface area contributed by atoms with Gasteiger partial charge in [0.05, 0.1) is 10.9 Å². The fraction of sp³-hybridized carbons (Fsp3) is 0.406. The highest BCUT2D eigenvalue weighted by Gasteiger charge is 2.46. The van der Waals surface area contributed by atoms with Gasteiger partial charge in [0.2, 0.25) is 0 Å². The van der Waals surface area contributed by atoms with E-state index in [1.54, 1.807) is 18.3 Å². The molecule has 0 spiro atoms. The molecule has 0 radical (unpaired) electrons. The number of phenols is 1. The Bertz CT molecular complexity index is 1750. The van der Waals surface area contributed by atoms with Gasteiger partial charge >= 0.3 is 6.01 Å². The fourth-order valence-corrected chi connectivity index (χ4v) is 7.68. The van der Waals surface area contributed by atoms with Crippen LogP contribution in [0.2, 0.25) is 0 Å². The van der Waals surface area contributed by atoms with E-state index in [0.29, 0.717) is 35.3 Å². The average Bonchev–Trinajstić information content (AvgIpc) is 3.61. The number of phenolic OH excluding ortho intramolecular Hbond substituents is 1. The van der Waals surface area contributed by atoms with Gasteiger partial charge < -0.3 is 20.1 Å². The molecule has 0 saturated carbocycles. The van der Waals surface area contributed by atoms with Crippen molar-refractivity contribution in [3.05, 3.63) is 60.3 Å². The van der Waals surface area contributed by atoms with Crippen molar-refractivity contribution in [1.29, 1.82) is 0 Å². The lowest BCUT2D eigenvalue weighted by Crippen LogP contribution is -2.51. The van der Waals surface area contributed by atoms with Crippen molar-refractivity contribution in [1.82, 2.24) is 25.2 Å². The first-order valence-electron chi connectivity index (χ1n) is 14.7. The summed E-state index contributed by atoms with van der Waals surface area (Å²) < 4.78 is 38.0. The van der Waals surface area contributed by atoms with Gasteiger partial charge in [0, 0.05) is 48.9 Å². The Balaban J connectivity index is 1.26. The highest BCUT2D eigenvalue weighted by atomic mass is 19.1. The zero-order valence-corrected chi connectivity index (χ0v) is 23.2. The summed E-state index contributed by atoms with van der Waals surface area (Å²) in [4.78, 5) is 18.5. The molecule has 2 N–H and O–H groups in total. The Hall–Kier alpha value is -3.89. The van der Waals surface area contributed by atoms with E-state index in [1.807, 2.05) is 0 Å². The highest BCUT2D eigenvalue weighted by Crippen LogP contribution is 2.42. The molecule has 3 atom stereocenters. The second-order valence-corrected chi connectivity index (χ2v) is 12.4. The minimum Gasteiger partial charge on any atom is -0.508 e. The minimum absolute atomic E-state index is 0.0651. The molecule has 4 aromatic rings. The maximum atomic E-state index is 16.6. The van der Waals surface area contributed by atoms with Crippen LogP contribution < -0.4 is 15.0 Å². The summed E-state index contributed by atoms with van der Waals surface area (Å²) in [6.07, 6.45) is 6.71. The van der Waals surface area contributed by atoms with Crippen LogP contribution in [0.3, 0.4) is 0 Å². The number of anilines is 1. The molecule has 2 aromatic heterocycles. The van der Waals surface area contributed by atoms with Crippen molar-refractivity contribution < 1.29 is 18.6 Å². The Labute approximate surface area is 242 Å². The Morgan fingerprint density at radius 1 is 1.14 bits per heavy atom. The smallest absolute Gasteiger partial charge is 0.319 e. The topological polar surface area (TPSA) is 86.6 Å². The molecular weight excluding hydrogens is 538 g/mol. The lowest BCUT2D eigenvalue weighted by molar-refractivity contribution is 0.108. The van der Waals surface area contributed by atoms with Crippen LogP contribution in [-0.2, 0) is 0 Å². The third-order valence-electron chi connectivity index (χ3n) is 9.53. The van der Waals surface area contributed by atoms with E-state index in [9.17, 15) is 5.11 Å². The molecule has 10 heteroatoms. The van der Waals surface area contributed by atoms with Gasteiger partial charge in [-0.15, -0.1) is 0 Å². The quantitative estimate of drug-likeness (QED) is 0.327. The lowest BCUT2D eigenvalue weighted by atomic mass is 9.94. The van der Waals surface area contributed by atoms with Gasteiger partial charge in [-0.05, 0) is 62.2 Å².